The molecule has 4 N–H and O–H groups in total. The number of carbonyl (C=O) groups excluding carboxylic acids is 3. The summed E-state index contributed by atoms with van der Waals surface area (Å²) in [6.07, 6.45) is 0. The van der Waals surface area contributed by atoms with E-state index in [4.69, 9.17) is 9.90 Å². The smallest absolute Gasteiger partial charge is 0.328 e. The molecule has 1 saturated heterocycles. The van der Waals surface area contributed by atoms with E-state index >= 15 is 0 Å². The van der Waals surface area contributed by atoms with Crippen LogP contribution in [0, 0.1) is 0 Å². The van der Waals surface area contributed by atoms with Crippen molar-refractivity contribution >= 4 is 45.4 Å². The molecule has 21 heavy (non-hydrogen) atoms. The third-order valence-electron chi connectivity index (χ3n) is 2.15. The number of imide groups is 2. The number of rotatable bonds is 2. The van der Waals surface area contributed by atoms with E-state index in [0.717, 1.165) is 11.4 Å². The molecule has 1 fully saturated rings. The zero-order valence-corrected chi connectivity index (χ0v) is 12.4. The molecule has 0 saturated carbocycles. The number of barbiturate groups is 1. The molecule has 1 aromatic rings. The van der Waals surface area contributed by atoms with E-state index in [9.17, 15) is 14.4 Å². The summed E-state index contributed by atoms with van der Waals surface area (Å²) in [7, 11) is 0. The summed E-state index contributed by atoms with van der Waals surface area (Å²) in [5.41, 5.74) is 0.609. The first-order valence-corrected chi connectivity index (χ1v) is 6.46. The molecule has 9 heteroatoms. The molecule has 0 unspecified atom stereocenters. The molecule has 0 atom stereocenters. The lowest BCUT2D eigenvalue weighted by molar-refractivity contribution is -0.134. The zero-order valence-electron chi connectivity index (χ0n) is 10.8. The highest BCUT2D eigenvalue weighted by atomic mass is 79.9. The normalized spacial score (nSPS) is 14.5. The maximum atomic E-state index is 11.4. The first-order chi connectivity index (χ1) is 9.79. The fourth-order valence-electron chi connectivity index (χ4n) is 1.36. The van der Waals surface area contributed by atoms with Gasteiger partial charge in [-0.3, -0.25) is 25.0 Å². The van der Waals surface area contributed by atoms with E-state index in [-0.39, 0.29) is 0 Å². The van der Waals surface area contributed by atoms with Crippen molar-refractivity contribution in [3.05, 3.63) is 28.7 Å². The predicted molar refractivity (Wildman–Crippen MR) is 76.5 cm³/mol. The summed E-state index contributed by atoms with van der Waals surface area (Å²) in [5.74, 6) is -2.16. The Hall–Kier alpha value is -2.42. The standard InChI is InChI=1S/C10H8BrN3O3.C2H4O2/c11-5-1-3-6(4-2-5)12-7-8(15)13-10(17)14-9(7)16;1-2(3)4/h1-4,7,12H,(H2,13,14,15,16,17);1H3,(H,3,4). The van der Waals surface area contributed by atoms with Crippen LogP contribution < -0.4 is 16.0 Å². The Morgan fingerprint density at radius 2 is 1.57 bits per heavy atom. The molecule has 1 aliphatic rings. The molecule has 1 aliphatic heterocycles. The van der Waals surface area contributed by atoms with Crippen molar-refractivity contribution in [1.29, 1.82) is 0 Å². The lowest BCUT2D eigenvalue weighted by Crippen LogP contribution is -2.61. The second kappa shape index (κ2) is 7.39. The Bertz CT molecular complexity index is 549. The van der Waals surface area contributed by atoms with Gasteiger partial charge in [0.25, 0.3) is 17.8 Å². The van der Waals surface area contributed by atoms with E-state index in [1.54, 1.807) is 24.3 Å². The summed E-state index contributed by atoms with van der Waals surface area (Å²) in [6.45, 7) is 1.08. The molecular formula is C12H12BrN3O5. The quantitative estimate of drug-likeness (QED) is 0.577. The van der Waals surface area contributed by atoms with E-state index in [1.165, 1.54) is 0 Å². The number of carboxylic acids is 1. The van der Waals surface area contributed by atoms with Crippen LogP contribution >= 0.6 is 15.9 Å². The molecule has 112 valence electrons. The second-order valence-electron chi connectivity index (χ2n) is 3.91. The maximum Gasteiger partial charge on any atom is 0.328 e. The van der Waals surface area contributed by atoms with Crippen molar-refractivity contribution in [2.45, 2.75) is 13.0 Å². The first kappa shape index (κ1) is 16.6. The second-order valence-corrected chi connectivity index (χ2v) is 4.83. The minimum absolute atomic E-state index is 0.609. The van der Waals surface area contributed by atoms with Crippen LogP contribution in [0.1, 0.15) is 6.92 Å². The average molecular weight is 358 g/mol. The zero-order chi connectivity index (χ0) is 16.0. The van der Waals surface area contributed by atoms with E-state index < -0.39 is 29.9 Å². The summed E-state index contributed by atoms with van der Waals surface area (Å²) in [4.78, 5) is 42.7. The van der Waals surface area contributed by atoms with Gasteiger partial charge in [-0.25, -0.2) is 4.79 Å². The molecule has 0 radical (unpaired) electrons. The molecule has 1 heterocycles. The summed E-state index contributed by atoms with van der Waals surface area (Å²) >= 11 is 3.27. The van der Waals surface area contributed by atoms with Gasteiger partial charge in [-0.05, 0) is 24.3 Å². The lowest BCUT2D eigenvalue weighted by Gasteiger charge is -2.22. The van der Waals surface area contributed by atoms with Crippen LogP contribution in [-0.2, 0) is 14.4 Å². The Kier molecular flexibility index (Phi) is 5.85. The summed E-state index contributed by atoms with van der Waals surface area (Å²) in [5, 5.41) is 14.2. The Morgan fingerprint density at radius 3 is 2.00 bits per heavy atom. The SMILES string of the molecule is CC(=O)O.O=C1NC(=O)C(Nc2ccc(Br)cc2)C(=O)N1. The topological polar surface area (TPSA) is 125 Å². The molecule has 0 spiro atoms. The molecule has 0 aliphatic carbocycles. The Morgan fingerprint density at radius 1 is 1.14 bits per heavy atom. The largest absolute Gasteiger partial charge is 0.481 e. The van der Waals surface area contributed by atoms with Gasteiger partial charge in [0.15, 0.2) is 6.04 Å². The van der Waals surface area contributed by atoms with Crippen molar-refractivity contribution in [1.82, 2.24) is 10.6 Å². The van der Waals surface area contributed by atoms with Crippen LogP contribution in [0.25, 0.3) is 0 Å². The Labute approximate surface area is 128 Å². The van der Waals surface area contributed by atoms with Gasteiger partial charge in [-0.1, -0.05) is 15.9 Å². The number of halogens is 1. The number of anilines is 1. The van der Waals surface area contributed by atoms with Gasteiger partial charge in [0.05, 0.1) is 0 Å². The van der Waals surface area contributed by atoms with E-state index in [1.807, 2.05) is 10.6 Å². The predicted octanol–water partition coefficient (Wildman–Crippen LogP) is 0.686. The molecule has 0 aromatic heterocycles. The van der Waals surface area contributed by atoms with Crippen molar-refractivity contribution in [3.8, 4) is 0 Å². The van der Waals surface area contributed by atoms with Crippen LogP contribution in [0.2, 0.25) is 0 Å². The first-order valence-electron chi connectivity index (χ1n) is 5.67. The molecule has 8 nitrogen and oxygen atoms in total. The molecule has 1 aromatic carbocycles. The van der Waals surface area contributed by atoms with Crippen molar-refractivity contribution in [3.63, 3.8) is 0 Å². The van der Waals surface area contributed by atoms with Crippen molar-refractivity contribution in [2.75, 3.05) is 5.32 Å². The number of carbonyl (C=O) groups is 4. The number of nitrogens with one attached hydrogen (secondary N) is 3. The van der Waals surface area contributed by atoms with E-state index in [0.29, 0.717) is 5.69 Å². The third-order valence-corrected chi connectivity index (χ3v) is 2.68. The monoisotopic (exact) mass is 357 g/mol. The minimum atomic E-state index is -1.10. The Balaban J connectivity index is 0.000000491. The maximum absolute atomic E-state index is 11.4. The van der Waals surface area contributed by atoms with Gasteiger partial charge in [-0.2, -0.15) is 0 Å². The lowest BCUT2D eigenvalue weighted by atomic mass is 10.2. The third kappa shape index (κ3) is 5.61. The van der Waals surface area contributed by atoms with Crippen LogP contribution in [0.4, 0.5) is 10.5 Å². The number of benzene rings is 1. The fraction of sp³-hybridized carbons (Fsp3) is 0.167. The number of aliphatic carboxylic acids is 1. The van der Waals surface area contributed by atoms with Crippen LogP contribution in [-0.4, -0.2) is 35.0 Å². The average Bonchev–Trinajstić information content (AvgIpc) is 2.35. The number of carboxylic acid groups (broad SMARTS) is 1. The fourth-order valence-corrected chi connectivity index (χ4v) is 1.63. The van der Waals surface area contributed by atoms with Crippen molar-refractivity contribution in [2.24, 2.45) is 0 Å². The number of urea groups is 1. The highest BCUT2D eigenvalue weighted by Crippen LogP contribution is 2.15. The van der Waals surface area contributed by atoms with Gasteiger partial charge in [-0.15, -0.1) is 0 Å². The van der Waals surface area contributed by atoms with Crippen LogP contribution in [0.15, 0.2) is 28.7 Å². The van der Waals surface area contributed by atoms with Crippen molar-refractivity contribution < 1.29 is 24.3 Å². The number of amides is 4. The highest BCUT2D eigenvalue weighted by molar-refractivity contribution is 9.10. The van der Waals surface area contributed by atoms with Gasteiger partial charge >= 0.3 is 6.03 Å². The molecule has 2 rings (SSSR count). The van der Waals surface area contributed by atoms with Gasteiger partial charge in [0, 0.05) is 17.1 Å². The summed E-state index contributed by atoms with van der Waals surface area (Å²) < 4.78 is 0.885. The van der Waals surface area contributed by atoms with E-state index in [2.05, 4.69) is 21.2 Å². The molecule has 0 bridgehead atoms. The molecular weight excluding hydrogens is 346 g/mol. The minimum Gasteiger partial charge on any atom is -0.481 e. The summed E-state index contributed by atoms with van der Waals surface area (Å²) in [6, 6.07) is 5.06. The molecule has 4 amide bonds. The van der Waals surface area contributed by atoms with Gasteiger partial charge in [0.2, 0.25) is 0 Å². The number of hydrogen-bond donors (Lipinski definition) is 4. The van der Waals surface area contributed by atoms with Gasteiger partial charge < -0.3 is 10.4 Å². The highest BCUT2D eigenvalue weighted by Gasteiger charge is 2.33. The van der Waals surface area contributed by atoms with Gasteiger partial charge in [0.1, 0.15) is 0 Å². The van der Waals surface area contributed by atoms with Crippen LogP contribution in [0.3, 0.4) is 0 Å². The van der Waals surface area contributed by atoms with Crippen LogP contribution in [0.5, 0.6) is 0 Å². The number of hydrogen-bond acceptors (Lipinski definition) is 5.